The molecule has 1 aromatic carbocycles. The van der Waals surface area contributed by atoms with Crippen LogP contribution in [0.15, 0.2) is 24.3 Å². The average Bonchev–Trinajstić information content (AvgIpc) is 2.38. The highest BCUT2D eigenvalue weighted by Crippen LogP contribution is 2.07. The molecule has 1 rings (SSSR count). The molecule has 0 aliphatic rings. The number of nitrogens with one attached hydrogen (secondary N) is 1. The van der Waals surface area contributed by atoms with Crippen molar-refractivity contribution in [3.8, 4) is 0 Å². The summed E-state index contributed by atoms with van der Waals surface area (Å²) in [6.45, 7) is 9.92. The van der Waals surface area contributed by atoms with E-state index in [4.69, 9.17) is 0 Å². The molecule has 1 N–H and O–H groups in total. The first-order valence-corrected chi connectivity index (χ1v) is 7.60. The van der Waals surface area contributed by atoms with Gasteiger partial charge in [-0.15, -0.1) is 0 Å². The zero-order valence-electron chi connectivity index (χ0n) is 13.8. The summed E-state index contributed by atoms with van der Waals surface area (Å²) >= 11 is 0. The van der Waals surface area contributed by atoms with Gasteiger partial charge in [0.15, 0.2) is 0 Å². The first kappa shape index (κ1) is 17.2. The number of hydrogen-bond donors (Lipinski definition) is 1. The van der Waals surface area contributed by atoms with Gasteiger partial charge in [0.2, 0.25) is 0 Å². The van der Waals surface area contributed by atoms with Gasteiger partial charge in [-0.3, -0.25) is 0 Å². The van der Waals surface area contributed by atoms with Crippen molar-refractivity contribution in [3.63, 3.8) is 0 Å². The lowest BCUT2D eigenvalue weighted by molar-refractivity contribution is 0.236. The molecule has 0 radical (unpaired) electrons. The third-order valence-corrected chi connectivity index (χ3v) is 3.40. The highest BCUT2D eigenvalue weighted by atomic mass is 15.2. The molecule has 0 aromatic heterocycles. The van der Waals surface area contributed by atoms with Gasteiger partial charge in [0, 0.05) is 32.7 Å². The molecule has 0 heterocycles. The van der Waals surface area contributed by atoms with E-state index in [-0.39, 0.29) is 0 Å². The fourth-order valence-electron chi connectivity index (χ4n) is 2.41. The maximum atomic E-state index is 3.18. The Bertz CT molecular complexity index is 359. The maximum Gasteiger partial charge on any atom is 0.0231 e. The molecule has 0 aliphatic carbocycles. The number of nitrogens with zero attached hydrogens (tertiary/aromatic N) is 2. The Balaban J connectivity index is 2.32. The largest absolute Gasteiger partial charge is 0.316 e. The Morgan fingerprint density at radius 3 is 2.05 bits per heavy atom. The molecule has 0 saturated carbocycles. The summed E-state index contributed by atoms with van der Waals surface area (Å²) < 4.78 is 0. The van der Waals surface area contributed by atoms with Gasteiger partial charge >= 0.3 is 0 Å². The van der Waals surface area contributed by atoms with Crippen molar-refractivity contribution in [3.05, 3.63) is 35.4 Å². The van der Waals surface area contributed by atoms with Crippen LogP contribution in [0, 0.1) is 5.92 Å². The smallest absolute Gasteiger partial charge is 0.0231 e. The Kier molecular flexibility index (Phi) is 7.82. The van der Waals surface area contributed by atoms with Crippen LogP contribution in [-0.2, 0) is 13.1 Å². The summed E-state index contributed by atoms with van der Waals surface area (Å²) in [5, 5.41) is 3.18. The van der Waals surface area contributed by atoms with Crippen LogP contribution in [0.1, 0.15) is 25.0 Å². The molecule has 0 saturated heterocycles. The van der Waals surface area contributed by atoms with Gasteiger partial charge in [-0.05, 0) is 38.2 Å². The summed E-state index contributed by atoms with van der Waals surface area (Å²) in [5.74, 6) is 0.741. The fraction of sp³-hybridized carbons (Fsp3) is 0.647. The van der Waals surface area contributed by atoms with Crippen LogP contribution in [0.2, 0.25) is 0 Å². The van der Waals surface area contributed by atoms with Crippen LogP contribution < -0.4 is 5.32 Å². The Morgan fingerprint density at radius 1 is 0.950 bits per heavy atom. The molecule has 0 aliphatic heterocycles. The van der Waals surface area contributed by atoms with E-state index in [1.807, 2.05) is 7.05 Å². The molecule has 0 amide bonds. The van der Waals surface area contributed by atoms with Crippen molar-refractivity contribution in [2.45, 2.75) is 26.9 Å². The normalized spacial score (nSPS) is 11.8. The van der Waals surface area contributed by atoms with Crippen LogP contribution in [0.5, 0.6) is 0 Å². The first-order valence-electron chi connectivity index (χ1n) is 7.60. The SMILES string of the molecule is CNCc1ccc(CN(C)CCN(C)CC(C)C)cc1. The Morgan fingerprint density at radius 2 is 1.50 bits per heavy atom. The van der Waals surface area contributed by atoms with Gasteiger partial charge in [0.05, 0.1) is 0 Å². The predicted octanol–water partition coefficient (Wildman–Crippen LogP) is 2.43. The highest BCUT2D eigenvalue weighted by Gasteiger charge is 2.05. The zero-order chi connectivity index (χ0) is 15.0. The standard InChI is InChI=1S/C17H31N3/c1-15(2)13-19(4)10-11-20(5)14-17-8-6-16(7-9-17)12-18-3/h6-9,15,18H,10-14H2,1-5H3. The summed E-state index contributed by atoms with van der Waals surface area (Å²) in [4.78, 5) is 4.81. The minimum absolute atomic E-state index is 0.741. The van der Waals surface area contributed by atoms with E-state index in [1.54, 1.807) is 0 Å². The predicted molar refractivity (Wildman–Crippen MR) is 87.9 cm³/mol. The molecular formula is C17H31N3. The third kappa shape index (κ3) is 7.04. The first-order chi connectivity index (χ1) is 9.51. The van der Waals surface area contributed by atoms with Crippen molar-refractivity contribution in [1.82, 2.24) is 15.1 Å². The molecule has 20 heavy (non-hydrogen) atoms. The van der Waals surface area contributed by atoms with E-state index >= 15 is 0 Å². The summed E-state index contributed by atoms with van der Waals surface area (Å²) in [5.41, 5.74) is 2.73. The van der Waals surface area contributed by atoms with Crippen molar-refractivity contribution >= 4 is 0 Å². The van der Waals surface area contributed by atoms with Gasteiger partial charge < -0.3 is 15.1 Å². The second-order valence-electron chi connectivity index (χ2n) is 6.24. The monoisotopic (exact) mass is 277 g/mol. The highest BCUT2D eigenvalue weighted by molar-refractivity contribution is 5.22. The number of benzene rings is 1. The van der Waals surface area contributed by atoms with Crippen LogP contribution in [0.25, 0.3) is 0 Å². The topological polar surface area (TPSA) is 18.5 Å². The molecular weight excluding hydrogens is 246 g/mol. The van der Waals surface area contributed by atoms with Crippen LogP contribution >= 0.6 is 0 Å². The van der Waals surface area contributed by atoms with E-state index < -0.39 is 0 Å². The lowest BCUT2D eigenvalue weighted by Gasteiger charge is -2.23. The van der Waals surface area contributed by atoms with E-state index in [2.05, 4.69) is 67.3 Å². The third-order valence-electron chi connectivity index (χ3n) is 3.40. The zero-order valence-corrected chi connectivity index (χ0v) is 13.8. The molecule has 3 heteroatoms. The average molecular weight is 277 g/mol. The second-order valence-corrected chi connectivity index (χ2v) is 6.24. The van der Waals surface area contributed by atoms with E-state index in [1.165, 1.54) is 17.7 Å². The lowest BCUT2D eigenvalue weighted by atomic mass is 10.1. The van der Waals surface area contributed by atoms with Crippen LogP contribution in [-0.4, -0.2) is 50.6 Å². The lowest BCUT2D eigenvalue weighted by Crippen LogP contribution is -2.32. The molecule has 0 bridgehead atoms. The number of likely N-dealkylation sites (N-methyl/N-ethyl adjacent to an activating group) is 2. The van der Waals surface area contributed by atoms with Crippen molar-refractivity contribution in [1.29, 1.82) is 0 Å². The molecule has 114 valence electrons. The van der Waals surface area contributed by atoms with Gasteiger partial charge in [-0.2, -0.15) is 0 Å². The summed E-state index contributed by atoms with van der Waals surface area (Å²) in [6.07, 6.45) is 0. The van der Waals surface area contributed by atoms with E-state index in [9.17, 15) is 0 Å². The Labute approximate surface area is 125 Å². The van der Waals surface area contributed by atoms with Crippen molar-refractivity contribution in [2.24, 2.45) is 5.92 Å². The maximum absolute atomic E-state index is 3.18. The van der Waals surface area contributed by atoms with E-state index in [0.717, 1.165) is 32.1 Å². The molecule has 1 aromatic rings. The minimum Gasteiger partial charge on any atom is -0.316 e. The van der Waals surface area contributed by atoms with Crippen LogP contribution in [0.3, 0.4) is 0 Å². The van der Waals surface area contributed by atoms with Gasteiger partial charge in [-0.25, -0.2) is 0 Å². The van der Waals surface area contributed by atoms with Gasteiger partial charge in [0.25, 0.3) is 0 Å². The minimum atomic E-state index is 0.741. The van der Waals surface area contributed by atoms with Gasteiger partial charge in [-0.1, -0.05) is 38.1 Å². The van der Waals surface area contributed by atoms with E-state index in [0.29, 0.717) is 0 Å². The van der Waals surface area contributed by atoms with Crippen molar-refractivity contribution < 1.29 is 0 Å². The van der Waals surface area contributed by atoms with Crippen molar-refractivity contribution in [2.75, 3.05) is 40.8 Å². The molecule has 0 unspecified atom stereocenters. The molecule has 0 fully saturated rings. The molecule has 0 spiro atoms. The molecule has 0 atom stereocenters. The molecule has 3 nitrogen and oxygen atoms in total. The van der Waals surface area contributed by atoms with Gasteiger partial charge in [0.1, 0.15) is 0 Å². The number of rotatable bonds is 9. The summed E-state index contributed by atoms with van der Waals surface area (Å²) in [6, 6.07) is 8.90. The fourth-order valence-corrected chi connectivity index (χ4v) is 2.41. The van der Waals surface area contributed by atoms with Crippen LogP contribution in [0.4, 0.5) is 0 Å². The second kappa shape index (κ2) is 9.11. The number of hydrogen-bond acceptors (Lipinski definition) is 3. The Hall–Kier alpha value is -0.900. The quantitative estimate of drug-likeness (QED) is 0.748. The summed E-state index contributed by atoms with van der Waals surface area (Å²) in [7, 11) is 6.39.